The minimum atomic E-state index is -2.47. The van der Waals surface area contributed by atoms with E-state index >= 15 is 0 Å². The van der Waals surface area contributed by atoms with E-state index in [1.165, 1.54) is 29.6 Å². The molecule has 0 amide bonds. The highest BCUT2D eigenvalue weighted by Gasteiger charge is 2.49. The number of aromatic hydroxyl groups is 1. The molecule has 0 heterocycles. The fourth-order valence-electron chi connectivity index (χ4n) is 5.00. The van der Waals surface area contributed by atoms with Crippen molar-refractivity contribution in [3.8, 4) is 5.75 Å². The van der Waals surface area contributed by atoms with Crippen LogP contribution in [0.5, 0.6) is 5.75 Å². The van der Waals surface area contributed by atoms with Crippen molar-refractivity contribution in [2.24, 2.45) is 0 Å². The molecular formula is C31H43NO2Si. The number of phenolic OH excluding ortho intramolecular Hbond substituents is 1. The number of unbranched alkanes of at least 4 members (excludes halogenated alkanes) is 3. The van der Waals surface area contributed by atoms with E-state index in [9.17, 15) is 5.11 Å². The van der Waals surface area contributed by atoms with Gasteiger partial charge in [-0.2, -0.15) is 0 Å². The van der Waals surface area contributed by atoms with E-state index in [4.69, 9.17) is 4.43 Å². The van der Waals surface area contributed by atoms with Crippen molar-refractivity contribution in [3.05, 3.63) is 84.9 Å². The van der Waals surface area contributed by atoms with Crippen LogP contribution >= 0.6 is 0 Å². The molecule has 0 unspecified atom stereocenters. The van der Waals surface area contributed by atoms with Crippen molar-refractivity contribution >= 4 is 24.4 Å². The lowest BCUT2D eigenvalue weighted by Gasteiger charge is -2.43. The smallest absolute Gasteiger partial charge is 0.261 e. The fourth-order valence-corrected chi connectivity index (χ4v) is 9.61. The molecule has 0 aliphatic heterocycles. The largest absolute Gasteiger partial charge is 0.508 e. The zero-order valence-electron chi connectivity index (χ0n) is 22.0. The number of nitrogens with zero attached hydrogens (tertiary/aromatic N) is 1. The fraction of sp³-hybridized carbons (Fsp3) is 0.419. The summed E-state index contributed by atoms with van der Waals surface area (Å²) in [6.07, 6.45) is 5.67. The molecule has 3 aromatic rings. The molecule has 35 heavy (non-hydrogen) atoms. The van der Waals surface area contributed by atoms with Crippen LogP contribution < -0.4 is 15.3 Å². The van der Waals surface area contributed by atoms with Gasteiger partial charge in [0.05, 0.1) is 0 Å². The Morgan fingerprint density at radius 1 is 0.743 bits per heavy atom. The van der Waals surface area contributed by atoms with E-state index in [1.807, 2.05) is 12.1 Å². The first kappa shape index (κ1) is 27.0. The van der Waals surface area contributed by atoms with Gasteiger partial charge in [0.2, 0.25) is 0 Å². The van der Waals surface area contributed by atoms with E-state index in [0.717, 1.165) is 38.2 Å². The highest BCUT2D eigenvalue weighted by molar-refractivity contribution is 6.99. The lowest BCUT2D eigenvalue weighted by molar-refractivity contribution is 0.288. The molecule has 0 saturated heterocycles. The average molecular weight is 490 g/mol. The summed E-state index contributed by atoms with van der Waals surface area (Å²) < 4.78 is 7.05. The van der Waals surface area contributed by atoms with Gasteiger partial charge in [0, 0.05) is 31.5 Å². The number of benzene rings is 3. The van der Waals surface area contributed by atoms with Crippen molar-refractivity contribution in [3.63, 3.8) is 0 Å². The van der Waals surface area contributed by atoms with E-state index in [1.54, 1.807) is 6.07 Å². The van der Waals surface area contributed by atoms with Crippen molar-refractivity contribution in [2.45, 2.75) is 64.8 Å². The third kappa shape index (κ3) is 6.99. The van der Waals surface area contributed by atoms with Gasteiger partial charge in [0.15, 0.2) is 0 Å². The Kier molecular flexibility index (Phi) is 10.00. The Hall–Kier alpha value is -2.56. The van der Waals surface area contributed by atoms with Gasteiger partial charge in [-0.1, -0.05) is 107 Å². The molecule has 0 radical (unpaired) electrons. The topological polar surface area (TPSA) is 32.7 Å². The summed E-state index contributed by atoms with van der Waals surface area (Å²) in [5.74, 6) is 0.331. The predicted octanol–water partition coefficient (Wildman–Crippen LogP) is 6.75. The number of hydrogen-bond donors (Lipinski definition) is 1. The standard InChI is InChI=1S/C31H43NO2Si/c1-5-6-13-23-32(27-17-16-18-28(33)26-27)24-14-15-25-34-35(31(2,3)4,29-19-9-7-10-20-29)30-21-11-8-12-22-30/h7-12,16-22,26,33H,5-6,13-15,23-25H2,1-4H3. The van der Waals surface area contributed by atoms with Crippen LogP contribution in [-0.4, -0.2) is 33.1 Å². The molecule has 0 fully saturated rings. The minimum absolute atomic E-state index is 0.00343. The van der Waals surface area contributed by atoms with Crippen molar-refractivity contribution in [1.29, 1.82) is 0 Å². The first-order chi connectivity index (χ1) is 16.9. The van der Waals surface area contributed by atoms with Crippen molar-refractivity contribution < 1.29 is 9.53 Å². The van der Waals surface area contributed by atoms with Crippen molar-refractivity contribution in [1.82, 2.24) is 0 Å². The lowest BCUT2D eigenvalue weighted by atomic mass is 10.2. The third-order valence-electron chi connectivity index (χ3n) is 6.78. The molecule has 3 aromatic carbocycles. The van der Waals surface area contributed by atoms with Crippen LogP contribution in [-0.2, 0) is 4.43 Å². The number of anilines is 1. The first-order valence-corrected chi connectivity index (χ1v) is 15.1. The van der Waals surface area contributed by atoms with Crippen LogP contribution in [0.15, 0.2) is 84.9 Å². The van der Waals surface area contributed by atoms with Gasteiger partial charge in [-0.3, -0.25) is 0 Å². The average Bonchev–Trinajstić information content (AvgIpc) is 2.85. The molecule has 0 spiro atoms. The van der Waals surface area contributed by atoms with Gasteiger partial charge in [-0.15, -0.1) is 0 Å². The molecule has 1 N–H and O–H groups in total. The number of rotatable bonds is 13. The summed E-state index contributed by atoms with van der Waals surface area (Å²) in [5, 5.41) is 12.7. The second kappa shape index (κ2) is 12.9. The maximum Gasteiger partial charge on any atom is 0.261 e. The summed E-state index contributed by atoms with van der Waals surface area (Å²) in [4.78, 5) is 2.41. The summed E-state index contributed by atoms with van der Waals surface area (Å²) in [7, 11) is -2.47. The van der Waals surface area contributed by atoms with E-state index in [-0.39, 0.29) is 5.04 Å². The molecule has 0 aliphatic rings. The van der Waals surface area contributed by atoms with E-state index < -0.39 is 8.32 Å². The highest BCUT2D eigenvalue weighted by atomic mass is 28.4. The Morgan fingerprint density at radius 3 is 1.83 bits per heavy atom. The summed E-state index contributed by atoms with van der Waals surface area (Å²) >= 11 is 0. The Morgan fingerprint density at radius 2 is 1.31 bits per heavy atom. The SMILES string of the molecule is CCCCCN(CCCCO[Si](c1ccccc1)(c1ccccc1)C(C)(C)C)c1cccc(O)c1. The third-order valence-corrected chi connectivity index (χ3v) is 11.8. The zero-order chi connectivity index (χ0) is 25.2. The summed E-state index contributed by atoms with van der Waals surface area (Å²) in [5.41, 5.74) is 1.11. The normalized spacial score (nSPS) is 12.0. The van der Waals surface area contributed by atoms with Gasteiger partial charge in [-0.05, 0) is 46.8 Å². The quantitative estimate of drug-likeness (QED) is 0.213. The molecule has 0 atom stereocenters. The molecule has 0 bridgehead atoms. The van der Waals surface area contributed by atoms with Gasteiger partial charge < -0.3 is 14.4 Å². The Bertz CT molecular complexity index is 962. The predicted molar refractivity (Wildman–Crippen MR) is 153 cm³/mol. The van der Waals surface area contributed by atoms with Crippen molar-refractivity contribution in [2.75, 3.05) is 24.6 Å². The molecule has 3 rings (SSSR count). The lowest BCUT2D eigenvalue weighted by Crippen LogP contribution is -2.66. The Labute approximate surface area is 213 Å². The summed E-state index contributed by atoms with van der Waals surface area (Å²) in [6, 6.07) is 29.4. The maximum absolute atomic E-state index is 9.98. The van der Waals surface area contributed by atoms with Crippen LogP contribution in [0.3, 0.4) is 0 Å². The second-order valence-electron chi connectivity index (χ2n) is 10.4. The maximum atomic E-state index is 9.98. The van der Waals surface area contributed by atoms with E-state index in [0.29, 0.717) is 5.75 Å². The van der Waals surface area contributed by atoms with Gasteiger partial charge in [-0.25, -0.2) is 0 Å². The number of hydrogen-bond acceptors (Lipinski definition) is 3. The van der Waals surface area contributed by atoms with Crippen LogP contribution in [0.1, 0.15) is 59.8 Å². The molecule has 0 aliphatic carbocycles. The van der Waals surface area contributed by atoms with Gasteiger partial charge in [0.1, 0.15) is 5.75 Å². The van der Waals surface area contributed by atoms with E-state index in [2.05, 4.69) is 99.3 Å². The van der Waals surface area contributed by atoms with Crippen LogP contribution in [0.4, 0.5) is 5.69 Å². The Balaban J connectivity index is 1.72. The van der Waals surface area contributed by atoms with Crippen LogP contribution in [0.25, 0.3) is 0 Å². The molecule has 0 aromatic heterocycles. The first-order valence-electron chi connectivity index (χ1n) is 13.2. The molecule has 4 heteroatoms. The van der Waals surface area contributed by atoms with Crippen LogP contribution in [0.2, 0.25) is 5.04 Å². The molecule has 3 nitrogen and oxygen atoms in total. The second-order valence-corrected chi connectivity index (χ2v) is 14.7. The highest BCUT2D eigenvalue weighted by Crippen LogP contribution is 2.36. The zero-order valence-corrected chi connectivity index (χ0v) is 23.0. The molecular weight excluding hydrogens is 446 g/mol. The van der Waals surface area contributed by atoms with Gasteiger partial charge in [0.25, 0.3) is 8.32 Å². The van der Waals surface area contributed by atoms with Gasteiger partial charge >= 0.3 is 0 Å². The van der Waals surface area contributed by atoms with Crippen LogP contribution in [0, 0.1) is 0 Å². The minimum Gasteiger partial charge on any atom is -0.508 e. The molecule has 0 saturated carbocycles. The summed E-state index contributed by atoms with van der Waals surface area (Å²) in [6.45, 7) is 12.0. The number of phenols is 1. The molecule has 188 valence electrons. The monoisotopic (exact) mass is 489 g/mol.